The first-order valence-corrected chi connectivity index (χ1v) is 8.61. The molecule has 0 saturated heterocycles. The summed E-state index contributed by atoms with van der Waals surface area (Å²) >= 11 is 0. The molecule has 0 aliphatic heterocycles. The molecular weight excluding hydrogens is 306 g/mol. The van der Waals surface area contributed by atoms with E-state index in [-0.39, 0.29) is 12.5 Å². The number of carbonyl (C=O) groups is 2. The van der Waals surface area contributed by atoms with Gasteiger partial charge in [0.1, 0.15) is 0 Å². The molecule has 5 heteroatoms. The van der Waals surface area contributed by atoms with Gasteiger partial charge in [-0.3, -0.25) is 4.79 Å². The summed E-state index contributed by atoms with van der Waals surface area (Å²) < 4.78 is 0. The molecule has 1 aromatic carbocycles. The topological polar surface area (TPSA) is 86.6 Å². The minimum atomic E-state index is -1.94. The van der Waals surface area contributed by atoms with Crippen LogP contribution < -0.4 is 5.32 Å². The van der Waals surface area contributed by atoms with Crippen LogP contribution in [0.2, 0.25) is 0 Å². The average Bonchev–Trinajstić information content (AvgIpc) is 3.15. The summed E-state index contributed by atoms with van der Waals surface area (Å²) in [5.74, 6) is -0.505. The molecule has 2 bridgehead atoms. The molecule has 0 spiro atoms. The number of aliphatic carboxylic acids is 1. The van der Waals surface area contributed by atoms with Crippen LogP contribution in [-0.4, -0.2) is 34.2 Å². The van der Waals surface area contributed by atoms with Crippen LogP contribution in [0.3, 0.4) is 0 Å². The number of benzene rings is 1. The molecule has 5 nitrogen and oxygen atoms in total. The Bertz CT molecular complexity index is 628. The zero-order valence-electron chi connectivity index (χ0n) is 14.0. The van der Waals surface area contributed by atoms with Gasteiger partial charge in [0.05, 0.1) is 12.0 Å². The van der Waals surface area contributed by atoms with Gasteiger partial charge in [-0.15, -0.1) is 0 Å². The monoisotopic (exact) mass is 331 g/mol. The molecule has 0 heterocycles. The Balaban J connectivity index is 1.78. The maximum atomic E-state index is 13.0. The Morgan fingerprint density at radius 2 is 2.00 bits per heavy atom. The van der Waals surface area contributed by atoms with Gasteiger partial charge in [0.25, 0.3) is 0 Å². The molecule has 4 unspecified atom stereocenters. The molecule has 4 atom stereocenters. The second-order valence-electron chi connectivity index (χ2n) is 7.66. The van der Waals surface area contributed by atoms with Gasteiger partial charge in [0, 0.05) is 0 Å². The van der Waals surface area contributed by atoms with Crippen LogP contribution in [0.5, 0.6) is 0 Å². The van der Waals surface area contributed by atoms with E-state index >= 15 is 0 Å². The van der Waals surface area contributed by atoms with Crippen molar-refractivity contribution < 1.29 is 19.8 Å². The molecule has 1 aromatic rings. The summed E-state index contributed by atoms with van der Waals surface area (Å²) in [4.78, 5) is 24.1. The van der Waals surface area contributed by atoms with Gasteiger partial charge in [-0.2, -0.15) is 0 Å². The first-order valence-electron chi connectivity index (χ1n) is 8.61. The van der Waals surface area contributed by atoms with Gasteiger partial charge in [-0.25, -0.2) is 4.79 Å². The zero-order valence-corrected chi connectivity index (χ0v) is 14.0. The lowest BCUT2D eigenvalue weighted by molar-refractivity contribution is -0.156. The molecule has 0 aromatic heterocycles. The van der Waals surface area contributed by atoms with E-state index in [0.717, 1.165) is 24.8 Å². The Hall–Kier alpha value is -1.88. The summed E-state index contributed by atoms with van der Waals surface area (Å²) in [6, 6.07) is 9.98. The predicted octanol–water partition coefficient (Wildman–Crippen LogP) is 1.99. The van der Waals surface area contributed by atoms with Crippen molar-refractivity contribution in [2.24, 2.45) is 17.3 Å². The lowest BCUT2D eigenvalue weighted by atomic mass is 9.68. The molecule has 2 aliphatic rings. The summed E-state index contributed by atoms with van der Waals surface area (Å²) in [6.45, 7) is 0.940. The molecule has 3 rings (SSSR count). The number of carboxylic acid groups (broad SMARTS) is 1. The second kappa shape index (κ2) is 6.20. The van der Waals surface area contributed by atoms with Crippen LogP contribution in [0.1, 0.15) is 38.2 Å². The van der Waals surface area contributed by atoms with Gasteiger partial charge in [-0.1, -0.05) is 36.8 Å². The molecule has 24 heavy (non-hydrogen) atoms. The minimum Gasteiger partial charge on any atom is -0.479 e. The normalized spacial score (nSPS) is 30.8. The van der Waals surface area contributed by atoms with E-state index in [1.54, 1.807) is 0 Å². The van der Waals surface area contributed by atoms with Crippen molar-refractivity contribution in [3.63, 3.8) is 0 Å². The van der Waals surface area contributed by atoms with E-state index in [0.29, 0.717) is 18.3 Å². The van der Waals surface area contributed by atoms with Gasteiger partial charge in [-0.05, 0) is 50.0 Å². The Morgan fingerprint density at radius 3 is 2.54 bits per heavy atom. The molecule has 2 saturated carbocycles. The van der Waals surface area contributed by atoms with Crippen molar-refractivity contribution in [3.8, 4) is 0 Å². The number of rotatable bonds is 6. The van der Waals surface area contributed by atoms with Crippen molar-refractivity contribution in [2.45, 2.75) is 44.6 Å². The molecule has 0 radical (unpaired) electrons. The lowest BCUT2D eigenvalue weighted by Gasteiger charge is -2.37. The number of aliphatic hydroxyl groups is 1. The van der Waals surface area contributed by atoms with Crippen LogP contribution >= 0.6 is 0 Å². The molecule has 3 N–H and O–H groups in total. The predicted molar refractivity (Wildman–Crippen MR) is 89.3 cm³/mol. The van der Waals surface area contributed by atoms with Crippen molar-refractivity contribution in [1.82, 2.24) is 5.32 Å². The van der Waals surface area contributed by atoms with E-state index in [2.05, 4.69) is 5.32 Å². The summed E-state index contributed by atoms with van der Waals surface area (Å²) in [5.41, 5.74) is -1.29. The first-order chi connectivity index (χ1) is 11.3. The fraction of sp³-hybridized carbons (Fsp3) is 0.579. The first kappa shape index (κ1) is 17.0. The van der Waals surface area contributed by atoms with Crippen molar-refractivity contribution in [3.05, 3.63) is 35.9 Å². The van der Waals surface area contributed by atoms with Crippen LogP contribution in [0.25, 0.3) is 0 Å². The number of hydrogen-bond donors (Lipinski definition) is 3. The number of carbonyl (C=O) groups excluding carboxylic acids is 1. The van der Waals surface area contributed by atoms with Crippen molar-refractivity contribution >= 4 is 11.9 Å². The van der Waals surface area contributed by atoms with E-state index in [1.807, 2.05) is 30.3 Å². The number of fused-ring (bicyclic) bond motifs is 2. The fourth-order valence-electron chi connectivity index (χ4n) is 4.48. The number of amides is 1. The quantitative estimate of drug-likeness (QED) is 0.744. The zero-order chi connectivity index (χ0) is 17.4. The van der Waals surface area contributed by atoms with Crippen LogP contribution in [0, 0.1) is 17.3 Å². The molecule has 130 valence electrons. The van der Waals surface area contributed by atoms with E-state index in [4.69, 9.17) is 5.11 Å². The lowest BCUT2D eigenvalue weighted by Crippen LogP contribution is -2.52. The van der Waals surface area contributed by atoms with Crippen LogP contribution in [-0.2, 0) is 16.0 Å². The molecular formula is C19H25NO4. The summed E-state index contributed by atoms with van der Waals surface area (Å²) in [6.07, 6.45) is 4.85. The largest absolute Gasteiger partial charge is 0.479 e. The number of carboxylic acids is 1. The Labute approximate surface area is 142 Å². The smallest absolute Gasteiger partial charge is 0.337 e. The third-order valence-corrected chi connectivity index (χ3v) is 5.84. The number of hydrogen-bond acceptors (Lipinski definition) is 3. The summed E-state index contributed by atoms with van der Waals surface area (Å²) in [5, 5.41) is 21.6. The van der Waals surface area contributed by atoms with E-state index in [1.165, 1.54) is 13.3 Å². The SMILES string of the molecule is CC(O)(CNC(=O)C1(Cc2ccccc2)CC2CCC1C2)C(=O)O. The highest BCUT2D eigenvalue weighted by molar-refractivity contribution is 5.85. The highest BCUT2D eigenvalue weighted by Crippen LogP contribution is 2.57. The molecule has 2 aliphatic carbocycles. The molecule has 2 fully saturated rings. The van der Waals surface area contributed by atoms with Gasteiger partial charge >= 0.3 is 5.97 Å². The van der Waals surface area contributed by atoms with Crippen LogP contribution in [0.4, 0.5) is 0 Å². The van der Waals surface area contributed by atoms with Crippen LogP contribution in [0.15, 0.2) is 30.3 Å². The number of nitrogens with one attached hydrogen (secondary N) is 1. The highest BCUT2D eigenvalue weighted by Gasteiger charge is 2.55. The Morgan fingerprint density at radius 1 is 1.29 bits per heavy atom. The molecule has 1 amide bonds. The Kier molecular flexibility index (Phi) is 4.38. The summed E-state index contributed by atoms with van der Waals surface area (Å²) in [7, 11) is 0. The standard InChI is InChI=1S/C19H25NO4/c1-18(24,17(22)23)12-20-16(21)19(10-13-5-3-2-4-6-13)11-14-7-8-15(19)9-14/h2-6,14-15,24H,7-12H2,1H3,(H,20,21)(H,22,23). The van der Waals surface area contributed by atoms with Gasteiger partial charge in [0.15, 0.2) is 5.60 Å². The maximum Gasteiger partial charge on any atom is 0.337 e. The average molecular weight is 331 g/mol. The maximum absolute atomic E-state index is 13.0. The van der Waals surface area contributed by atoms with Gasteiger partial charge < -0.3 is 15.5 Å². The van der Waals surface area contributed by atoms with Crippen molar-refractivity contribution in [1.29, 1.82) is 0 Å². The fourth-order valence-corrected chi connectivity index (χ4v) is 4.48. The minimum absolute atomic E-state index is 0.111. The van der Waals surface area contributed by atoms with Crippen molar-refractivity contribution in [2.75, 3.05) is 6.54 Å². The van der Waals surface area contributed by atoms with E-state index in [9.17, 15) is 14.7 Å². The van der Waals surface area contributed by atoms with Gasteiger partial charge in [0.2, 0.25) is 5.91 Å². The van der Waals surface area contributed by atoms with E-state index < -0.39 is 17.0 Å². The highest BCUT2D eigenvalue weighted by atomic mass is 16.4. The third-order valence-electron chi connectivity index (χ3n) is 5.84. The second-order valence-corrected chi connectivity index (χ2v) is 7.66. The third kappa shape index (κ3) is 3.05.